The van der Waals surface area contributed by atoms with Gasteiger partial charge in [-0.3, -0.25) is 9.13 Å². The standard InChI is InChI=1S/C58H36N4/c1-3-17-42(18-4-1)61-50-27-11-9-25-48(50)59-57(61)40-33-29-38(30-34-40)53-44-21-7-8-22-45(44)54(56-47-24-14-16-37-15-13-23-46(52(37)47)55(53)56)39-31-35-41(36-32-39)58-60-49-26-10-12-28-51(49)62(58)43-19-5-2-6-20-43/h1-36H. The Bertz CT molecular complexity index is 3470. The Labute approximate surface area is 358 Å². The molecule has 10 aromatic carbocycles. The largest absolute Gasteiger partial charge is 0.292 e. The Morgan fingerprint density at radius 1 is 0.290 bits per heavy atom. The Balaban J connectivity index is 1.01. The van der Waals surface area contributed by atoms with Crippen LogP contribution in [0.3, 0.4) is 0 Å². The van der Waals surface area contributed by atoms with Crippen LogP contribution >= 0.6 is 0 Å². The van der Waals surface area contributed by atoms with E-state index in [0.717, 1.165) is 56.2 Å². The van der Waals surface area contributed by atoms with E-state index in [1.807, 2.05) is 0 Å². The zero-order valence-electron chi connectivity index (χ0n) is 33.6. The van der Waals surface area contributed by atoms with Crippen LogP contribution in [0.25, 0.3) is 122 Å². The summed E-state index contributed by atoms with van der Waals surface area (Å²) in [6.07, 6.45) is 0. The molecule has 0 bridgehead atoms. The highest BCUT2D eigenvalue weighted by molar-refractivity contribution is 6.27. The summed E-state index contributed by atoms with van der Waals surface area (Å²) < 4.78 is 4.54. The second-order valence-electron chi connectivity index (χ2n) is 16.1. The third kappa shape index (κ3) is 5.14. The molecule has 1 aliphatic carbocycles. The first kappa shape index (κ1) is 34.5. The Morgan fingerprint density at radius 2 is 0.677 bits per heavy atom. The summed E-state index contributed by atoms with van der Waals surface area (Å²) in [5, 5.41) is 5.02. The molecule has 4 nitrogen and oxygen atoms in total. The van der Waals surface area contributed by atoms with Gasteiger partial charge in [0.15, 0.2) is 0 Å². The topological polar surface area (TPSA) is 35.6 Å². The van der Waals surface area contributed by atoms with Crippen LogP contribution in [0.1, 0.15) is 0 Å². The predicted molar refractivity (Wildman–Crippen MR) is 257 cm³/mol. The monoisotopic (exact) mass is 788 g/mol. The highest BCUT2D eigenvalue weighted by Crippen LogP contribution is 2.57. The molecule has 0 atom stereocenters. The average Bonchev–Trinajstić information content (AvgIpc) is 4.03. The van der Waals surface area contributed by atoms with Gasteiger partial charge in [-0.2, -0.15) is 0 Å². The van der Waals surface area contributed by atoms with Crippen LogP contribution < -0.4 is 0 Å². The minimum atomic E-state index is 0.925. The zero-order chi connectivity index (χ0) is 40.7. The summed E-state index contributed by atoms with van der Waals surface area (Å²) in [5.41, 5.74) is 18.4. The highest BCUT2D eigenvalue weighted by Gasteiger charge is 2.30. The molecule has 13 rings (SSSR count). The van der Waals surface area contributed by atoms with Gasteiger partial charge in [0.05, 0.1) is 22.1 Å². The van der Waals surface area contributed by atoms with Crippen molar-refractivity contribution in [2.24, 2.45) is 0 Å². The van der Waals surface area contributed by atoms with Crippen molar-refractivity contribution in [3.63, 3.8) is 0 Å². The van der Waals surface area contributed by atoms with E-state index < -0.39 is 0 Å². The van der Waals surface area contributed by atoms with Crippen molar-refractivity contribution in [3.8, 4) is 78.7 Å². The molecule has 0 saturated heterocycles. The fourth-order valence-electron chi connectivity index (χ4n) is 10.0. The highest BCUT2D eigenvalue weighted by atomic mass is 15.1. The SMILES string of the molecule is c1ccc(-n2c(-c3ccc(-c4c5c(c(-c6ccc(-c7nc8ccccc8n7-c7ccccc7)cc6)c6ccccc46)-c4cccc6cccc-5c46)cc3)nc3ccccc32)cc1. The number of hydrogen-bond acceptors (Lipinski definition) is 2. The summed E-state index contributed by atoms with van der Waals surface area (Å²) in [4.78, 5) is 10.4. The molecular weight excluding hydrogens is 753 g/mol. The summed E-state index contributed by atoms with van der Waals surface area (Å²) in [7, 11) is 0. The van der Waals surface area contributed by atoms with E-state index in [2.05, 4.69) is 228 Å². The maximum Gasteiger partial charge on any atom is 0.145 e. The molecular formula is C58H36N4. The number of nitrogens with zero attached hydrogens (tertiary/aromatic N) is 4. The van der Waals surface area contributed by atoms with Gasteiger partial charge in [0.1, 0.15) is 11.6 Å². The molecule has 12 aromatic rings. The van der Waals surface area contributed by atoms with Crippen LogP contribution in [-0.2, 0) is 0 Å². The number of fused-ring (bicyclic) bond motifs is 6. The van der Waals surface area contributed by atoms with Crippen molar-refractivity contribution in [2.45, 2.75) is 0 Å². The molecule has 2 aromatic heterocycles. The van der Waals surface area contributed by atoms with Crippen molar-refractivity contribution in [1.82, 2.24) is 19.1 Å². The molecule has 0 unspecified atom stereocenters. The maximum atomic E-state index is 5.18. The summed E-state index contributed by atoms with van der Waals surface area (Å²) in [6, 6.07) is 78.5. The Hall–Kier alpha value is -8.34. The number of para-hydroxylation sites is 6. The second-order valence-corrected chi connectivity index (χ2v) is 16.1. The van der Waals surface area contributed by atoms with E-state index in [1.165, 1.54) is 66.1 Å². The van der Waals surface area contributed by atoms with Crippen LogP contribution in [0.2, 0.25) is 0 Å². The summed E-state index contributed by atoms with van der Waals surface area (Å²) in [5.74, 6) is 1.85. The van der Waals surface area contributed by atoms with E-state index >= 15 is 0 Å². The zero-order valence-corrected chi connectivity index (χ0v) is 33.6. The van der Waals surface area contributed by atoms with E-state index in [-0.39, 0.29) is 0 Å². The predicted octanol–water partition coefficient (Wildman–Crippen LogP) is 15.0. The average molecular weight is 789 g/mol. The molecule has 288 valence electrons. The minimum Gasteiger partial charge on any atom is -0.292 e. The third-order valence-corrected chi connectivity index (χ3v) is 12.7. The van der Waals surface area contributed by atoms with Crippen molar-refractivity contribution in [1.29, 1.82) is 0 Å². The molecule has 0 amide bonds. The van der Waals surface area contributed by atoms with Crippen LogP contribution in [0.4, 0.5) is 0 Å². The Morgan fingerprint density at radius 3 is 1.13 bits per heavy atom. The van der Waals surface area contributed by atoms with Crippen molar-refractivity contribution < 1.29 is 0 Å². The van der Waals surface area contributed by atoms with Gasteiger partial charge in [0, 0.05) is 22.5 Å². The number of rotatable bonds is 6. The number of imidazole rings is 2. The van der Waals surface area contributed by atoms with Gasteiger partial charge in [-0.15, -0.1) is 0 Å². The lowest BCUT2D eigenvalue weighted by molar-refractivity contribution is 1.10. The summed E-state index contributed by atoms with van der Waals surface area (Å²) >= 11 is 0. The molecule has 1 aliphatic rings. The molecule has 4 heteroatoms. The van der Waals surface area contributed by atoms with Gasteiger partial charge >= 0.3 is 0 Å². The molecule has 0 saturated carbocycles. The third-order valence-electron chi connectivity index (χ3n) is 12.7. The Kier molecular flexibility index (Phi) is 7.57. The van der Waals surface area contributed by atoms with E-state index in [1.54, 1.807) is 0 Å². The van der Waals surface area contributed by atoms with Gasteiger partial charge in [-0.05, 0) is 115 Å². The van der Waals surface area contributed by atoms with Crippen LogP contribution in [0.15, 0.2) is 218 Å². The van der Waals surface area contributed by atoms with Crippen molar-refractivity contribution in [3.05, 3.63) is 218 Å². The lowest BCUT2D eigenvalue weighted by Gasteiger charge is -2.21. The van der Waals surface area contributed by atoms with Gasteiger partial charge in [-0.1, -0.05) is 170 Å². The second kappa shape index (κ2) is 13.6. The van der Waals surface area contributed by atoms with Crippen LogP contribution in [0, 0.1) is 0 Å². The number of benzene rings is 10. The van der Waals surface area contributed by atoms with Crippen LogP contribution in [0.5, 0.6) is 0 Å². The maximum absolute atomic E-state index is 5.18. The molecule has 0 radical (unpaired) electrons. The number of hydrogen-bond donors (Lipinski definition) is 0. The molecule has 2 heterocycles. The molecule has 0 spiro atoms. The fraction of sp³-hybridized carbons (Fsp3) is 0. The lowest BCUT2D eigenvalue weighted by atomic mass is 9.82. The first-order chi connectivity index (χ1) is 30.8. The lowest BCUT2D eigenvalue weighted by Crippen LogP contribution is -1.98. The minimum absolute atomic E-state index is 0.925. The normalized spacial score (nSPS) is 11.9. The van der Waals surface area contributed by atoms with E-state index in [4.69, 9.17) is 9.97 Å². The quantitative estimate of drug-likeness (QED) is 0.168. The van der Waals surface area contributed by atoms with Crippen LogP contribution in [-0.4, -0.2) is 19.1 Å². The van der Waals surface area contributed by atoms with Gasteiger partial charge in [0.2, 0.25) is 0 Å². The molecule has 0 aliphatic heterocycles. The van der Waals surface area contributed by atoms with Crippen molar-refractivity contribution in [2.75, 3.05) is 0 Å². The first-order valence-corrected chi connectivity index (χ1v) is 21.2. The first-order valence-electron chi connectivity index (χ1n) is 21.2. The van der Waals surface area contributed by atoms with Gasteiger partial charge < -0.3 is 0 Å². The fourth-order valence-corrected chi connectivity index (χ4v) is 10.0. The molecule has 0 fully saturated rings. The van der Waals surface area contributed by atoms with Crippen molar-refractivity contribution >= 4 is 43.6 Å². The van der Waals surface area contributed by atoms with Gasteiger partial charge in [-0.25, -0.2) is 9.97 Å². The molecule has 0 N–H and O–H groups in total. The smallest absolute Gasteiger partial charge is 0.145 e. The van der Waals surface area contributed by atoms with E-state index in [0.29, 0.717) is 0 Å². The molecule has 62 heavy (non-hydrogen) atoms. The summed E-state index contributed by atoms with van der Waals surface area (Å²) in [6.45, 7) is 0. The van der Waals surface area contributed by atoms with E-state index in [9.17, 15) is 0 Å². The number of aromatic nitrogens is 4. The van der Waals surface area contributed by atoms with Gasteiger partial charge in [0.25, 0.3) is 0 Å².